The molecule has 0 radical (unpaired) electrons. The van der Waals surface area contributed by atoms with Crippen LogP contribution in [-0.2, 0) is 25.5 Å². The van der Waals surface area contributed by atoms with Gasteiger partial charge in [-0.3, -0.25) is 14.5 Å². The first-order valence-electron chi connectivity index (χ1n) is 8.54. The zero-order valence-corrected chi connectivity index (χ0v) is 14.2. The van der Waals surface area contributed by atoms with Crippen molar-refractivity contribution in [1.29, 1.82) is 0 Å². The average Bonchev–Trinajstić information content (AvgIpc) is 3.08. The largest absolute Gasteiger partial charge is 0.347 e. The Morgan fingerprint density at radius 2 is 1.62 bits per heavy atom. The van der Waals surface area contributed by atoms with Crippen molar-refractivity contribution in [1.82, 2.24) is 4.90 Å². The molecule has 1 aromatic rings. The summed E-state index contributed by atoms with van der Waals surface area (Å²) < 4.78 is 12.3. The lowest BCUT2D eigenvalue weighted by molar-refractivity contribution is -0.261. The standard InChI is InChI=1S/C19H23NO4/c1-3-11-23-19(24-12-4-2)13-14-7-5-6-8-15(14)18(19)20-16(21)9-10-17(20)22/h5-10,18H,3-4,11-13H2,1-2H3/t18-/m0/s1. The number of amides is 2. The van der Waals surface area contributed by atoms with Gasteiger partial charge in [0.1, 0.15) is 6.04 Å². The molecule has 2 aliphatic rings. The summed E-state index contributed by atoms with van der Waals surface area (Å²) in [6.07, 6.45) is 4.83. The fourth-order valence-electron chi connectivity index (χ4n) is 3.41. The van der Waals surface area contributed by atoms with Crippen LogP contribution < -0.4 is 0 Å². The first-order valence-corrected chi connectivity index (χ1v) is 8.54. The van der Waals surface area contributed by atoms with Crippen molar-refractivity contribution in [3.8, 4) is 0 Å². The van der Waals surface area contributed by atoms with Gasteiger partial charge in [0.05, 0.1) is 0 Å². The van der Waals surface area contributed by atoms with E-state index in [0.29, 0.717) is 19.6 Å². The van der Waals surface area contributed by atoms with Gasteiger partial charge in [-0.2, -0.15) is 0 Å². The molecule has 0 fully saturated rings. The molecule has 128 valence electrons. The van der Waals surface area contributed by atoms with Crippen LogP contribution in [0.5, 0.6) is 0 Å². The number of imide groups is 1. The van der Waals surface area contributed by atoms with Gasteiger partial charge in [-0.1, -0.05) is 38.1 Å². The van der Waals surface area contributed by atoms with Crippen LogP contribution in [-0.4, -0.2) is 35.7 Å². The fourth-order valence-corrected chi connectivity index (χ4v) is 3.41. The second-order valence-electron chi connectivity index (χ2n) is 6.17. The minimum Gasteiger partial charge on any atom is -0.347 e. The molecule has 1 atom stereocenters. The third-order valence-corrected chi connectivity index (χ3v) is 4.41. The van der Waals surface area contributed by atoms with Gasteiger partial charge in [0, 0.05) is 31.8 Å². The van der Waals surface area contributed by atoms with Crippen LogP contribution in [0.4, 0.5) is 0 Å². The Kier molecular flexibility index (Phi) is 4.83. The van der Waals surface area contributed by atoms with E-state index < -0.39 is 11.8 Å². The maximum absolute atomic E-state index is 12.3. The molecule has 1 heterocycles. The van der Waals surface area contributed by atoms with Gasteiger partial charge in [-0.15, -0.1) is 0 Å². The molecule has 0 saturated heterocycles. The van der Waals surface area contributed by atoms with Crippen LogP contribution >= 0.6 is 0 Å². The van der Waals surface area contributed by atoms with Crippen LogP contribution in [0.2, 0.25) is 0 Å². The molecule has 5 nitrogen and oxygen atoms in total. The minimum atomic E-state index is -1.01. The summed E-state index contributed by atoms with van der Waals surface area (Å²) in [7, 11) is 0. The monoisotopic (exact) mass is 329 g/mol. The van der Waals surface area contributed by atoms with Gasteiger partial charge in [0.25, 0.3) is 11.8 Å². The molecular formula is C19H23NO4. The number of carbonyl (C=O) groups excluding carboxylic acids is 2. The molecule has 0 N–H and O–H groups in total. The zero-order chi connectivity index (χ0) is 17.2. The highest BCUT2D eigenvalue weighted by atomic mass is 16.7. The summed E-state index contributed by atoms with van der Waals surface area (Å²) in [6, 6.07) is 7.28. The van der Waals surface area contributed by atoms with Gasteiger partial charge < -0.3 is 9.47 Å². The van der Waals surface area contributed by atoms with Crippen LogP contribution in [0.15, 0.2) is 36.4 Å². The van der Waals surface area contributed by atoms with Crippen molar-refractivity contribution in [2.75, 3.05) is 13.2 Å². The van der Waals surface area contributed by atoms with Crippen molar-refractivity contribution in [2.24, 2.45) is 0 Å². The van der Waals surface area contributed by atoms with Crippen molar-refractivity contribution >= 4 is 11.8 Å². The molecule has 2 amide bonds. The van der Waals surface area contributed by atoms with Crippen LogP contribution in [0.1, 0.15) is 43.9 Å². The van der Waals surface area contributed by atoms with E-state index >= 15 is 0 Å². The smallest absolute Gasteiger partial charge is 0.254 e. The molecule has 0 unspecified atom stereocenters. The molecule has 1 aliphatic heterocycles. The third kappa shape index (κ3) is 2.78. The Morgan fingerprint density at radius 3 is 2.21 bits per heavy atom. The second-order valence-corrected chi connectivity index (χ2v) is 6.17. The Morgan fingerprint density at radius 1 is 1.04 bits per heavy atom. The molecule has 1 aliphatic carbocycles. The number of hydrogen-bond donors (Lipinski definition) is 0. The summed E-state index contributed by atoms with van der Waals surface area (Å²) >= 11 is 0. The highest BCUT2D eigenvalue weighted by Crippen LogP contribution is 2.47. The Bertz CT molecular complexity index is 641. The molecule has 0 aromatic heterocycles. The van der Waals surface area contributed by atoms with Crippen molar-refractivity contribution in [2.45, 2.75) is 44.9 Å². The van der Waals surface area contributed by atoms with Crippen LogP contribution in [0.3, 0.4) is 0 Å². The van der Waals surface area contributed by atoms with Crippen LogP contribution in [0.25, 0.3) is 0 Å². The molecule has 0 spiro atoms. The SMILES string of the molecule is CCCOC1(OCCC)Cc2ccccc2[C@@H]1N1C(=O)C=CC1=O. The normalized spacial score (nSPS) is 21.6. The lowest BCUT2D eigenvalue weighted by Crippen LogP contribution is -2.50. The average molecular weight is 329 g/mol. The van der Waals surface area contributed by atoms with Gasteiger partial charge in [0.2, 0.25) is 0 Å². The number of carbonyl (C=O) groups is 2. The lowest BCUT2D eigenvalue weighted by atomic mass is 10.0. The van der Waals surface area contributed by atoms with Gasteiger partial charge >= 0.3 is 0 Å². The fraction of sp³-hybridized carbons (Fsp3) is 0.474. The van der Waals surface area contributed by atoms with Crippen molar-refractivity contribution in [3.63, 3.8) is 0 Å². The summed E-state index contributed by atoms with van der Waals surface area (Å²) in [5.74, 6) is -1.63. The van der Waals surface area contributed by atoms with E-state index in [1.54, 1.807) is 0 Å². The lowest BCUT2D eigenvalue weighted by Gasteiger charge is -2.39. The number of hydrogen-bond acceptors (Lipinski definition) is 4. The third-order valence-electron chi connectivity index (χ3n) is 4.41. The van der Waals surface area contributed by atoms with E-state index in [1.165, 1.54) is 17.1 Å². The van der Waals surface area contributed by atoms with Crippen LogP contribution in [0, 0.1) is 0 Å². The van der Waals surface area contributed by atoms with Gasteiger partial charge in [0.15, 0.2) is 5.79 Å². The molecule has 1 aromatic carbocycles. The highest BCUT2D eigenvalue weighted by molar-refractivity contribution is 6.13. The van der Waals surface area contributed by atoms with E-state index in [-0.39, 0.29) is 11.8 Å². The van der Waals surface area contributed by atoms with E-state index in [4.69, 9.17) is 9.47 Å². The number of nitrogens with zero attached hydrogens (tertiary/aromatic N) is 1. The van der Waals surface area contributed by atoms with Crippen molar-refractivity contribution in [3.05, 3.63) is 47.5 Å². The summed E-state index contributed by atoms with van der Waals surface area (Å²) in [4.78, 5) is 25.9. The molecular weight excluding hydrogens is 306 g/mol. The van der Waals surface area contributed by atoms with E-state index in [9.17, 15) is 9.59 Å². The number of ether oxygens (including phenoxy) is 2. The summed E-state index contributed by atoms with van der Waals surface area (Å²) in [6.45, 7) is 5.08. The number of benzene rings is 1. The first kappa shape index (κ1) is 16.9. The highest BCUT2D eigenvalue weighted by Gasteiger charge is 2.54. The van der Waals surface area contributed by atoms with Crippen molar-refractivity contribution < 1.29 is 19.1 Å². The second kappa shape index (κ2) is 6.87. The van der Waals surface area contributed by atoms with E-state index in [0.717, 1.165) is 24.0 Å². The predicted molar refractivity (Wildman–Crippen MR) is 89.1 cm³/mol. The van der Waals surface area contributed by atoms with Gasteiger partial charge in [-0.25, -0.2) is 0 Å². The van der Waals surface area contributed by atoms with E-state index in [1.807, 2.05) is 38.1 Å². The quantitative estimate of drug-likeness (QED) is 0.570. The first-order chi connectivity index (χ1) is 11.6. The molecule has 0 saturated carbocycles. The molecule has 5 heteroatoms. The summed E-state index contributed by atoms with van der Waals surface area (Å²) in [5.41, 5.74) is 1.98. The maximum Gasteiger partial charge on any atom is 0.254 e. The minimum absolute atomic E-state index is 0.314. The number of rotatable bonds is 7. The Balaban J connectivity index is 2.05. The Labute approximate surface area is 142 Å². The molecule has 3 rings (SSSR count). The Hall–Kier alpha value is -1.98. The summed E-state index contributed by atoms with van der Waals surface area (Å²) in [5, 5.41) is 0. The number of fused-ring (bicyclic) bond motifs is 1. The molecule has 0 bridgehead atoms. The van der Waals surface area contributed by atoms with E-state index in [2.05, 4.69) is 0 Å². The topological polar surface area (TPSA) is 55.8 Å². The zero-order valence-electron chi connectivity index (χ0n) is 14.2. The predicted octanol–water partition coefficient (Wildman–Crippen LogP) is 2.76. The maximum atomic E-state index is 12.3. The van der Waals surface area contributed by atoms with Gasteiger partial charge in [-0.05, 0) is 24.0 Å². The molecule has 24 heavy (non-hydrogen) atoms.